The Labute approximate surface area is 227 Å². The van der Waals surface area contributed by atoms with Crippen molar-refractivity contribution < 1.29 is 48.7 Å². The van der Waals surface area contributed by atoms with Crippen LogP contribution < -0.4 is 0 Å². The van der Waals surface area contributed by atoms with Crippen LogP contribution in [0.5, 0.6) is 0 Å². The minimum atomic E-state index is -1.53. The van der Waals surface area contributed by atoms with Crippen molar-refractivity contribution >= 4 is 17.7 Å². The molecule has 0 unspecified atom stereocenters. The van der Waals surface area contributed by atoms with Crippen molar-refractivity contribution in [2.45, 2.75) is 107 Å². The second-order valence-corrected chi connectivity index (χ2v) is 12.9. The summed E-state index contributed by atoms with van der Waals surface area (Å²) >= 11 is 0. The minimum Gasteiger partial charge on any atom is -0.462 e. The molecule has 0 amide bonds. The Morgan fingerprint density at radius 2 is 1.85 bits per heavy atom. The molecule has 10 nitrogen and oxygen atoms in total. The number of allylic oxidation sites excluding steroid dienone is 1. The van der Waals surface area contributed by atoms with Crippen molar-refractivity contribution in [3.05, 3.63) is 23.8 Å². The van der Waals surface area contributed by atoms with Gasteiger partial charge in [-0.05, 0) is 57.9 Å². The van der Waals surface area contributed by atoms with Crippen LogP contribution in [0.3, 0.4) is 0 Å². The molecule has 7 aliphatic rings. The molecule has 3 saturated carbocycles. The highest BCUT2D eigenvalue weighted by Crippen LogP contribution is 2.74. The number of carbonyl (C=O) groups excluding carboxylic acids is 3. The van der Waals surface area contributed by atoms with Gasteiger partial charge in [-0.15, -0.1) is 0 Å². The number of ether oxygens (including phenoxy) is 4. The largest absolute Gasteiger partial charge is 0.462 e. The molecule has 0 aromatic rings. The van der Waals surface area contributed by atoms with Gasteiger partial charge in [-0.3, -0.25) is 4.79 Å². The molecule has 4 heterocycles. The molecule has 7 rings (SSSR count). The Morgan fingerprint density at radius 3 is 2.59 bits per heavy atom. The van der Waals surface area contributed by atoms with Crippen LogP contribution in [0.15, 0.2) is 23.8 Å². The van der Waals surface area contributed by atoms with E-state index in [2.05, 4.69) is 0 Å². The van der Waals surface area contributed by atoms with Crippen molar-refractivity contribution in [3.8, 4) is 0 Å². The number of hydrogen-bond donors (Lipinski definition) is 3. The number of aliphatic hydroxyl groups excluding tert-OH is 1. The van der Waals surface area contributed by atoms with Gasteiger partial charge in [0.15, 0.2) is 11.4 Å². The maximum absolute atomic E-state index is 13.2. The smallest absolute Gasteiger partial charge is 0.330 e. The van der Waals surface area contributed by atoms with E-state index in [9.17, 15) is 29.7 Å². The van der Waals surface area contributed by atoms with Crippen LogP contribution in [0.1, 0.15) is 65.7 Å². The first-order chi connectivity index (χ1) is 18.3. The molecule has 8 bridgehead atoms. The summed E-state index contributed by atoms with van der Waals surface area (Å²) in [4.78, 5) is 38.9. The fraction of sp³-hybridized carbons (Fsp3) is 0.759. The minimum absolute atomic E-state index is 0.114. The standard InChI is InChI=1S/C29H38O10/c1-16(30)28-8-5-4-6-21(31)38-19-13-20-29(35)14-18-24(39-20)27(26(19,29)3,10-9-25(18,2)34)15-36-22(32)12-17(23(28)33)7-11-37-28/h4,6,12,18-20,23-24,33-35H,5,7-11,13-15H2,1-3H3/b6-4-,17-12+/t18-,19+,20+,23-,24+,25-,26+,27+,28+,29-/m0/s1. The molecule has 10 atom stereocenters. The van der Waals surface area contributed by atoms with Gasteiger partial charge in [-0.25, -0.2) is 9.59 Å². The van der Waals surface area contributed by atoms with E-state index in [1.54, 1.807) is 13.0 Å². The Bertz CT molecular complexity index is 1160. The number of carbonyl (C=O) groups is 3. The van der Waals surface area contributed by atoms with Crippen molar-refractivity contribution in [3.63, 3.8) is 0 Å². The molecular formula is C29H38O10. The average molecular weight is 547 g/mol. The van der Waals surface area contributed by atoms with Crippen LogP contribution in [-0.4, -0.2) is 87.5 Å². The average Bonchev–Trinajstić information content (AvgIpc) is 3.02. The lowest BCUT2D eigenvalue weighted by Crippen LogP contribution is -2.80. The van der Waals surface area contributed by atoms with Crippen LogP contribution >= 0.6 is 0 Å². The summed E-state index contributed by atoms with van der Waals surface area (Å²) in [6.45, 7) is 5.02. The van der Waals surface area contributed by atoms with Gasteiger partial charge in [0.2, 0.25) is 0 Å². The topological polar surface area (TPSA) is 149 Å². The van der Waals surface area contributed by atoms with E-state index in [-0.39, 0.29) is 44.2 Å². The summed E-state index contributed by atoms with van der Waals surface area (Å²) < 4.78 is 24.1. The number of hydrogen-bond acceptors (Lipinski definition) is 10. The van der Waals surface area contributed by atoms with Gasteiger partial charge in [-0.2, -0.15) is 0 Å². The molecule has 10 heteroatoms. The quantitative estimate of drug-likeness (QED) is 0.411. The number of rotatable bonds is 1. The molecule has 1 spiro atoms. The predicted octanol–water partition coefficient (Wildman–Crippen LogP) is 1.29. The van der Waals surface area contributed by atoms with Gasteiger partial charge in [0.25, 0.3) is 0 Å². The highest BCUT2D eigenvalue weighted by Gasteiger charge is 2.83. The van der Waals surface area contributed by atoms with Crippen molar-refractivity contribution in [1.29, 1.82) is 0 Å². The third-order valence-corrected chi connectivity index (χ3v) is 11.3. The molecule has 39 heavy (non-hydrogen) atoms. The number of Topliss-reactive ketones (excluding diaryl/α,β-unsaturated/α-hetero) is 1. The van der Waals surface area contributed by atoms with E-state index < -0.39 is 64.0 Å². The van der Waals surface area contributed by atoms with Gasteiger partial charge in [-0.1, -0.05) is 13.0 Å². The second-order valence-electron chi connectivity index (χ2n) is 12.9. The molecule has 3 saturated heterocycles. The second kappa shape index (κ2) is 8.69. The van der Waals surface area contributed by atoms with Crippen molar-refractivity contribution in [1.82, 2.24) is 0 Å². The van der Waals surface area contributed by atoms with E-state index in [0.717, 1.165) is 0 Å². The fourth-order valence-corrected chi connectivity index (χ4v) is 8.85. The Balaban J connectivity index is 1.42. The van der Waals surface area contributed by atoms with E-state index in [1.165, 1.54) is 19.1 Å². The fourth-order valence-electron chi connectivity index (χ4n) is 8.85. The first kappa shape index (κ1) is 27.1. The highest BCUT2D eigenvalue weighted by molar-refractivity contribution is 5.88. The maximum atomic E-state index is 13.2. The molecule has 0 radical (unpaired) electrons. The van der Waals surface area contributed by atoms with Gasteiger partial charge in [0.1, 0.15) is 24.4 Å². The Hall–Kier alpha value is -2.11. The third-order valence-electron chi connectivity index (χ3n) is 11.3. The van der Waals surface area contributed by atoms with Crippen molar-refractivity contribution in [2.75, 3.05) is 13.2 Å². The third kappa shape index (κ3) is 3.48. The monoisotopic (exact) mass is 546 g/mol. The zero-order valence-corrected chi connectivity index (χ0v) is 22.7. The number of ketones is 1. The van der Waals surface area contributed by atoms with Gasteiger partial charge in [0, 0.05) is 35.3 Å². The lowest BCUT2D eigenvalue weighted by molar-refractivity contribution is -0.377. The molecule has 4 aliphatic heterocycles. The summed E-state index contributed by atoms with van der Waals surface area (Å²) in [5, 5.41) is 34.6. The summed E-state index contributed by atoms with van der Waals surface area (Å²) in [7, 11) is 0. The van der Waals surface area contributed by atoms with E-state index in [4.69, 9.17) is 18.9 Å². The lowest BCUT2D eigenvalue weighted by atomic mass is 9.40. The van der Waals surface area contributed by atoms with Gasteiger partial charge >= 0.3 is 11.9 Å². The van der Waals surface area contributed by atoms with E-state index in [1.807, 2.05) is 6.92 Å². The summed E-state index contributed by atoms with van der Waals surface area (Å²) in [6, 6.07) is 0. The molecular weight excluding hydrogens is 508 g/mol. The summed E-state index contributed by atoms with van der Waals surface area (Å²) in [5.74, 6) is -2.02. The molecule has 3 aliphatic carbocycles. The predicted molar refractivity (Wildman–Crippen MR) is 134 cm³/mol. The van der Waals surface area contributed by atoms with Crippen LogP contribution in [-0.2, 0) is 33.3 Å². The van der Waals surface area contributed by atoms with E-state index >= 15 is 0 Å². The SMILES string of the molecule is CC(=O)[C@@]12CC/C=C\C(=O)O[C@@H]3C[C@H]4O[C@@H]5[C@@H]6C[C@@]4(O)[C@@]3(C)[C@]5(CC[C@]6(C)O)COC(=O)/C=C(\CCO1)[C@@H]2O. The van der Waals surface area contributed by atoms with Gasteiger partial charge in [0.05, 0.1) is 24.4 Å². The molecule has 214 valence electrons. The maximum Gasteiger partial charge on any atom is 0.330 e. The number of aliphatic hydroxyl groups is 3. The molecule has 3 N–H and O–H groups in total. The van der Waals surface area contributed by atoms with Gasteiger partial charge < -0.3 is 34.3 Å². The molecule has 0 aromatic heterocycles. The van der Waals surface area contributed by atoms with Crippen LogP contribution in [0, 0.1) is 16.7 Å². The number of esters is 2. The summed E-state index contributed by atoms with van der Waals surface area (Å²) in [5.41, 5.74) is -5.55. The highest BCUT2D eigenvalue weighted by atomic mass is 16.6. The first-order valence-corrected chi connectivity index (χ1v) is 14.0. The number of cyclic esters (lactones) is 1. The first-order valence-electron chi connectivity index (χ1n) is 14.0. The lowest BCUT2D eigenvalue weighted by Gasteiger charge is -2.71. The number of fused-ring (bicyclic) bond motifs is 2. The molecule has 0 aromatic carbocycles. The van der Waals surface area contributed by atoms with Crippen LogP contribution in [0.25, 0.3) is 0 Å². The van der Waals surface area contributed by atoms with Crippen LogP contribution in [0.2, 0.25) is 0 Å². The zero-order valence-electron chi connectivity index (χ0n) is 22.7. The Kier molecular flexibility index (Phi) is 6.04. The summed E-state index contributed by atoms with van der Waals surface area (Å²) in [6.07, 6.45) is 3.04. The van der Waals surface area contributed by atoms with E-state index in [0.29, 0.717) is 31.3 Å². The molecule has 6 fully saturated rings. The van der Waals surface area contributed by atoms with Crippen molar-refractivity contribution in [2.24, 2.45) is 16.7 Å². The zero-order chi connectivity index (χ0) is 28.0. The Morgan fingerprint density at radius 1 is 1.08 bits per heavy atom. The van der Waals surface area contributed by atoms with Crippen LogP contribution in [0.4, 0.5) is 0 Å². The normalized spacial score (nSPS) is 53.3.